The Labute approximate surface area is 112 Å². The summed E-state index contributed by atoms with van der Waals surface area (Å²) in [5.41, 5.74) is 7.50. The molecule has 1 aromatic carbocycles. The fraction of sp³-hybridized carbons (Fsp3) is 0.286. The smallest absolute Gasteiger partial charge is 0.138 e. The molecule has 0 amide bonds. The van der Waals surface area contributed by atoms with Crippen LogP contribution in [0.1, 0.15) is 12.8 Å². The normalized spacial score (nSPS) is 14.2. The summed E-state index contributed by atoms with van der Waals surface area (Å²) in [7, 11) is 1.98. The highest BCUT2D eigenvalue weighted by Crippen LogP contribution is 2.27. The first-order chi connectivity index (χ1) is 9.22. The molecule has 1 aliphatic carbocycles. The Morgan fingerprint density at radius 2 is 1.95 bits per heavy atom. The van der Waals surface area contributed by atoms with E-state index in [9.17, 15) is 0 Å². The molecule has 0 aliphatic heterocycles. The van der Waals surface area contributed by atoms with Crippen molar-refractivity contribution in [2.24, 2.45) is 0 Å². The first-order valence-electron chi connectivity index (χ1n) is 6.40. The molecule has 5 heteroatoms. The second-order valence-electron chi connectivity index (χ2n) is 4.83. The first kappa shape index (κ1) is 11.8. The number of nitrogens with zero attached hydrogens (tertiary/aromatic N) is 3. The lowest BCUT2D eigenvalue weighted by Crippen LogP contribution is -2.12. The van der Waals surface area contributed by atoms with Crippen molar-refractivity contribution in [3.63, 3.8) is 0 Å². The Morgan fingerprint density at radius 1 is 1.21 bits per heavy atom. The maximum Gasteiger partial charge on any atom is 0.138 e. The molecule has 0 saturated heterocycles. The van der Waals surface area contributed by atoms with Gasteiger partial charge >= 0.3 is 0 Å². The molecule has 1 heterocycles. The van der Waals surface area contributed by atoms with E-state index in [1.165, 1.54) is 12.8 Å². The molecule has 0 radical (unpaired) electrons. The lowest BCUT2D eigenvalue weighted by molar-refractivity contribution is 1.05. The molecular formula is C14H17N5. The van der Waals surface area contributed by atoms with Crippen LogP contribution in [0.5, 0.6) is 0 Å². The molecule has 0 atom stereocenters. The van der Waals surface area contributed by atoms with Crippen LogP contribution in [0.2, 0.25) is 0 Å². The highest BCUT2D eigenvalue weighted by atomic mass is 15.2. The molecule has 3 rings (SSSR count). The number of aromatic nitrogens is 2. The minimum atomic E-state index is 0.588. The standard InChI is InChI=1S/C14H17N5/c1-19(12-6-2-10(15)3-7-12)14-8-13(16-9-17-14)18-11-4-5-11/h2-3,6-9,11H,4-5,15H2,1H3,(H,16,17,18). The van der Waals surface area contributed by atoms with Gasteiger partial charge in [0.25, 0.3) is 0 Å². The molecule has 0 bridgehead atoms. The number of rotatable bonds is 4. The van der Waals surface area contributed by atoms with Crippen molar-refractivity contribution < 1.29 is 0 Å². The second kappa shape index (κ2) is 4.76. The van der Waals surface area contributed by atoms with Gasteiger partial charge in [-0.2, -0.15) is 0 Å². The average molecular weight is 255 g/mol. The van der Waals surface area contributed by atoms with Gasteiger partial charge in [0.15, 0.2) is 0 Å². The Kier molecular flexibility index (Phi) is 2.95. The summed E-state index contributed by atoms with van der Waals surface area (Å²) in [5, 5.41) is 3.37. The van der Waals surface area contributed by atoms with Crippen LogP contribution in [0, 0.1) is 0 Å². The Bertz CT molecular complexity index is 562. The highest BCUT2D eigenvalue weighted by molar-refractivity contribution is 5.63. The first-order valence-corrected chi connectivity index (χ1v) is 6.40. The lowest BCUT2D eigenvalue weighted by Gasteiger charge is -2.18. The zero-order valence-corrected chi connectivity index (χ0v) is 10.9. The van der Waals surface area contributed by atoms with Crippen molar-refractivity contribution in [3.8, 4) is 0 Å². The van der Waals surface area contributed by atoms with Gasteiger partial charge in [0.1, 0.15) is 18.0 Å². The highest BCUT2D eigenvalue weighted by Gasteiger charge is 2.21. The zero-order chi connectivity index (χ0) is 13.2. The quantitative estimate of drug-likeness (QED) is 0.821. The number of hydrogen-bond donors (Lipinski definition) is 2. The molecule has 0 unspecified atom stereocenters. The Balaban J connectivity index is 1.81. The van der Waals surface area contributed by atoms with E-state index < -0.39 is 0 Å². The summed E-state index contributed by atoms with van der Waals surface area (Å²) in [6.45, 7) is 0. The van der Waals surface area contributed by atoms with E-state index in [2.05, 4.69) is 15.3 Å². The van der Waals surface area contributed by atoms with Gasteiger partial charge in [-0.1, -0.05) is 0 Å². The number of nitrogens with one attached hydrogen (secondary N) is 1. The minimum Gasteiger partial charge on any atom is -0.399 e. The second-order valence-corrected chi connectivity index (χ2v) is 4.83. The van der Waals surface area contributed by atoms with E-state index in [0.717, 1.165) is 23.0 Å². The molecular weight excluding hydrogens is 238 g/mol. The summed E-state index contributed by atoms with van der Waals surface area (Å²) in [6, 6.07) is 10.3. The van der Waals surface area contributed by atoms with Crippen LogP contribution in [-0.2, 0) is 0 Å². The van der Waals surface area contributed by atoms with Crippen molar-refractivity contribution in [2.75, 3.05) is 23.0 Å². The van der Waals surface area contributed by atoms with Crippen LogP contribution < -0.4 is 16.0 Å². The molecule has 1 fully saturated rings. The van der Waals surface area contributed by atoms with Crippen molar-refractivity contribution in [3.05, 3.63) is 36.7 Å². The van der Waals surface area contributed by atoms with E-state index >= 15 is 0 Å². The molecule has 1 saturated carbocycles. The largest absolute Gasteiger partial charge is 0.399 e. The topological polar surface area (TPSA) is 67.1 Å². The monoisotopic (exact) mass is 255 g/mol. The fourth-order valence-electron chi connectivity index (χ4n) is 1.88. The summed E-state index contributed by atoms with van der Waals surface area (Å²) < 4.78 is 0. The SMILES string of the molecule is CN(c1ccc(N)cc1)c1cc(NC2CC2)ncn1. The van der Waals surface area contributed by atoms with Gasteiger partial charge in [-0.25, -0.2) is 9.97 Å². The molecule has 1 aliphatic rings. The molecule has 19 heavy (non-hydrogen) atoms. The molecule has 98 valence electrons. The number of anilines is 4. The third-order valence-electron chi connectivity index (χ3n) is 3.21. The van der Waals surface area contributed by atoms with Gasteiger partial charge in [0.05, 0.1) is 0 Å². The fourth-order valence-corrected chi connectivity index (χ4v) is 1.88. The van der Waals surface area contributed by atoms with E-state index in [1.807, 2.05) is 42.3 Å². The molecule has 2 aromatic rings. The third kappa shape index (κ3) is 2.76. The van der Waals surface area contributed by atoms with Gasteiger partial charge in [0, 0.05) is 30.5 Å². The van der Waals surface area contributed by atoms with Crippen molar-refractivity contribution in [2.45, 2.75) is 18.9 Å². The predicted octanol–water partition coefficient (Wildman–Crippen LogP) is 2.40. The Hall–Kier alpha value is -2.30. The van der Waals surface area contributed by atoms with Crippen molar-refractivity contribution in [1.82, 2.24) is 9.97 Å². The summed E-state index contributed by atoms with van der Waals surface area (Å²) in [4.78, 5) is 10.6. The molecule has 5 nitrogen and oxygen atoms in total. The van der Waals surface area contributed by atoms with Crippen molar-refractivity contribution in [1.29, 1.82) is 0 Å². The van der Waals surface area contributed by atoms with Crippen LogP contribution in [0.4, 0.5) is 23.0 Å². The summed E-state index contributed by atoms with van der Waals surface area (Å²) in [6.07, 6.45) is 4.05. The number of benzene rings is 1. The Morgan fingerprint density at radius 3 is 2.63 bits per heavy atom. The lowest BCUT2D eigenvalue weighted by atomic mass is 10.2. The van der Waals surface area contributed by atoms with E-state index in [0.29, 0.717) is 6.04 Å². The van der Waals surface area contributed by atoms with E-state index in [1.54, 1.807) is 6.33 Å². The van der Waals surface area contributed by atoms with E-state index in [4.69, 9.17) is 5.73 Å². The zero-order valence-electron chi connectivity index (χ0n) is 10.9. The molecule has 3 N–H and O–H groups in total. The third-order valence-corrected chi connectivity index (χ3v) is 3.21. The number of nitrogens with two attached hydrogens (primary N) is 1. The maximum atomic E-state index is 5.70. The van der Waals surface area contributed by atoms with Crippen LogP contribution in [-0.4, -0.2) is 23.1 Å². The predicted molar refractivity (Wildman–Crippen MR) is 77.6 cm³/mol. The number of hydrogen-bond acceptors (Lipinski definition) is 5. The van der Waals surface area contributed by atoms with Gasteiger partial charge < -0.3 is 16.0 Å². The van der Waals surface area contributed by atoms with Gasteiger partial charge in [-0.3, -0.25) is 0 Å². The van der Waals surface area contributed by atoms with E-state index in [-0.39, 0.29) is 0 Å². The van der Waals surface area contributed by atoms with Gasteiger partial charge in [-0.15, -0.1) is 0 Å². The minimum absolute atomic E-state index is 0.588. The summed E-state index contributed by atoms with van der Waals surface area (Å²) in [5.74, 6) is 1.75. The van der Waals surface area contributed by atoms with Crippen LogP contribution in [0.25, 0.3) is 0 Å². The van der Waals surface area contributed by atoms with Crippen LogP contribution in [0.3, 0.4) is 0 Å². The van der Waals surface area contributed by atoms with Crippen molar-refractivity contribution >= 4 is 23.0 Å². The average Bonchev–Trinajstić information content (AvgIpc) is 3.23. The maximum absolute atomic E-state index is 5.70. The van der Waals surface area contributed by atoms with Gasteiger partial charge in [-0.05, 0) is 37.1 Å². The van der Waals surface area contributed by atoms with Crippen LogP contribution >= 0.6 is 0 Å². The van der Waals surface area contributed by atoms with Crippen LogP contribution in [0.15, 0.2) is 36.7 Å². The molecule has 0 spiro atoms. The van der Waals surface area contributed by atoms with Gasteiger partial charge in [0.2, 0.25) is 0 Å². The number of nitrogen functional groups attached to an aromatic ring is 1. The summed E-state index contributed by atoms with van der Waals surface area (Å²) >= 11 is 0. The molecule has 1 aromatic heterocycles.